The molecule has 0 saturated carbocycles. The highest BCUT2D eigenvalue weighted by Gasteiger charge is 2.47. The number of alkyl halides is 6. The average molecular weight is 226 g/mol. The van der Waals surface area contributed by atoms with Crippen LogP contribution < -0.4 is 0 Å². The van der Waals surface area contributed by atoms with Crippen molar-refractivity contribution in [3.63, 3.8) is 0 Å². The Bertz CT molecular complexity index is 234. The van der Waals surface area contributed by atoms with Crippen LogP contribution in [0.3, 0.4) is 0 Å². The first kappa shape index (κ1) is 9.85. The first-order chi connectivity index (χ1) is 5.23. The van der Waals surface area contributed by atoms with Crippen molar-refractivity contribution in [3.05, 3.63) is 9.75 Å². The molecule has 70 valence electrons. The molecule has 0 fully saturated rings. The lowest BCUT2D eigenvalue weighted by atomic mass is 10.4. The van der Waals surface area contributed by atoms with E-state index < -0.39 is 22.1 Å². The molecule has 1 aromatic heterocycles. The van der Waals surface area contributed by atoms with Crippen LogP contribution in [0.4, 0.5) is 26.3 Å². The van der Waals surface area contributed by atoms with Gasteiger partial charge in [-0.05, 0) is 0 Å². The van der Waals surface area contributed by atoms with Gasteiger partial charge in [-0.1, -0.05) is 20.7 Å². The van der Waals surface area contributed by atoms with Gasteiger partial charge in [0.15, 0.2) is 0 Å². The molecule has 0 aliphatic rings. The average Bonchev–Trinajstić information content (AvgIpc) is 1.46. The molecule has 8 heteroatoms. The van der Waals surface area contributed by atoms with Gasteiger partial charge in [0.25, 0.3) is 0 Å². The molecule has 1 heterocycles. The number of hydrogen-bond acceptors (Lipinski definition) is 2. The van der Waals surface area contributed by atoms with Gasteiger partial charge in [-0.25, -0.2) is 0 Å². The van der Waals surface area contributed by atoms with E-state index in [9.17, 15) is 26.3 Å². The van der Waals surface area contributed by atoms with Crippen LogP contribution in [-0.2, 0) is 12.4 Å². The van der Waals surface area contributed by atoms with Gasteiger partial charge in [-0.15, -0.1) is 0 Å². The summed E-state index contributed by atoms with van der Waals surface area (Å²) in [5.74, 6) is 0. The zero-order valence-electron chi connectivity index (χ0n) is 5.08. The van der Waals surface area contributed by atoms with Crippen LogP contribution in [0.5, 0.6) is 0 Å². The van der Waals surface area contributed by atoms with Gasteiger partial charge in [0.05, 0.1) is 0 Å². The summed E-state index contributed by atoms with van der Waals surface area (Å²) in [6.07, 6.45) is -9.75. The Morgan fingerprint density at radius 2 is 0.917 bits per heavy atom. The third-order valence-electron chi connectivity index (χ3n) is 0.929. The first-order valence-corrected chi connectivity index (χ1v) is 4.61. The van der Waals surface area contributed by atoms with E-state index in [1.54, 1.807) is 0 Å². The van der Waals surface area contributed by atoms with Gasteiger partial charge in [0.1, 0.15) is 9.75 Å². The van der Waals surface area contributed by atoms with E-state index >= 15 is 0 Å². The zero-order chi connectivity index (χ0) is 9.57. The van der Waals surface area contributed by atoms with Gasteiger partial charge in [0, 0.05) is 0 Å². The van der Waals surface area contributed by atoms with Crippen LogP contribution >= 0.6 is 20.7 Å². The third kappa shape index (κ3) is 1.74. The van der Waals surface area contributed by atoms with Crippen molar-refractivity contribution in [1.82, 2.24) is 0 Å². The van der Waals surface area contributed by atoms with Gasteiger partial charge >= 0.3 is 12.4 Å². The molecular formula is C4F6S2. The van der Waals surface area contributed by atoms with Gasteiger partial charge in [-0.3, -0.25) is 0 Å². The molecule has 0 N–H and O–H groups in total. The van der Waals surface area contributed by atoms with Crippen LogP contribution in [0.1, 0.15) is 9.75 Å². The van der Waals surface area contributed by atoms with Crippen molar-refractivity contribution in [2.45, 2.75) is 12.4 Å². The minimum absolute atomic E-state index is 0.0985. The summed E-state index contributed by atoms with van der Waals surface area (Å²) in [5, 5.41) is 0. The topological polar surface area (TPSA) is 0 Å². The molecule has 0 aliphatic carbocycles. The van der Waals surface area contributed by atoms with E-state index in [0.29, 0.717) is 0 Å². The summed E-state index contributed by atoms with van der Waals surface area (Å²) in [5.41, 5.74) is 0. The summed E-state index contributed by atoms with van der Waals surface area (Å²) < 4.78 is 70.1. The van der Waals surface area contributed by atoms with Crippen LogP contribution in [0.25, 0.3) is 0 Å². The molecule has 0 saturated heterocycles. The molecular weight excluding hydrogens is 226 g/mol. The second-order valence-corrected chi connectivity index (χ2v) is 3.97. The molecule has 0 bridgehead atoms. The Balaban J connectivity index is 2.96. The van der Waals surface area contributed by atoms with Crippen LogP contribution in [0, 0.1) is 0 Å². The Labute approximate surface area is 69.8 Å². The zero-order valence-corrected chi connectivity index (χ0v) is 6.72. The Morgan fingerprint density at radius 3 is 1.00 bits per heavy atom. The van der Waals surface area contributed by atoms with Crippen molar-refractivity contribution in [2.24, 2.45) is 0 Å². The Morgan fingerprint density at radius 1 is 0.667 bits per heavy atom. The lowest BCUT2D eigenvalue weighted by molar-refractivity contribution is -0.157. The lowest BCUT2D eigenvalue weighted by Gasteiger charge is -2.15. The summed E-state index contributed by atoms with van der Waals surface area (Å²) in [6, 6.07) is 0. The summed E-state index contributed by atoms with van der Waals surface area (Å²) in [6.45, 7) is 0. The van der Waals surface area contributed by atoms with Gasteiger partial charge in [0.2, 0.25) is 0 Å². The number of hydrogen-bond donors (Lipinski definition) is 0. The maximum absolute atomic E-state index is 11.7. The molecule has 0 nitrogen and oxygen atoms in total. The minimum atomic E-state index is -4.87. The molecule has 1 rings (SSSR count). The molecule has 0 amide bonds. The van der Waals surface area contributed by atoms with Crippen molar-refractivity contribution >= 4 is 20.7 Å². The molecule has 12 heavy (non-hydrogen) atoms. The van der Waals surface area contributed by atoms with Gasteiger partial charge < -0.3 is 0 Å². The smallest absolute Gasteiger partial charge is 0.165 e. The maximum Gasteiger partial charge on any atom is 0.427 e. The molecule has 1 aromatic rings. The third-order valence-corrected chi connectivity index (χ3v) is 3.60. The standard InChI is InChI=1S/C4F6S2/c5-3(6,7)1-2(12-11-1)4(8,9)10. The van der Waals surface area contributed by atoms with Crippen molar-refractivity contribution < 1.29 is 26.3 Å². The highest BCUT2D eigenvalue weighted by atomic mass is 32.9. The molecule has 0 aliphatic heterocycles. The van der Waals surface area contributed by atoms with Crippen LogP contribution in [0.2, 0.25) is 0 Å². The SMILES string of the molecule is FC(F)(F)c1ssc1C(F)(F)F. The van der Waals surface area contributed by atoms with E-state index in [1.165, 1.54) is 0 Å². The van der Waals surface area contributed by atoms with E-state index in [-0.39, 0.29) is 20.7 Å². The second-order valence-electron chi connectivity index (χ2n) is 1.82. The molecule has 0 unspecified atom stereocenters. The lowest BCUT2D eigenvalue weighted by Crippen LogP contribution is -2.15. The fourth-order valence-corrected chi connectivity index (χ4v) is 2.46. The van der Waals surface area contributed by atoms with Gasteiger partial charge in [-0.2, -0.15) is 26.3 Å². The molecule has 0 radical (unpaired) electrons. The molecule has 0 aromatic carbocycles. The van der Waals surface area contributed by atoms with Crippen LogP contribution in [-0.4, -0.2) is 0 Å². The Hall–Kier alpha value is -0.240. The van der Waals surface area contributed by atoms with Crippen molar-refractivity contribution in [1.29, 1.82) is 0 Å². The normalized spacial score (nSPS) is 13.8. The summed E-state index contributed by atoms with van der Waals surface area (Å²) in [7, 11) is 0.197. The predicted molar refractivity (Wildman–Crippen MR) is 32.2 cm³/mol. The van der Waals surface area contributed by atoms with Crippen molar-refractivity contribution in [2.75, 3.05) is 0 Å². The fourth-order valence-electron chi connectivity index (χ4n) is 0.477. The minimum Gasteiger partial charge on any atom is -0.165 e. The first-order valence-electron chi connectivity index (χ1n) is 2.46. The van der Waals surface area contributed by atoms with E-state index in [0.717, 1.165) is 0 Å². The van der Waals surface area contributed by atoms with E-state index in [1.807, 2.05) is 0 Å². The van der Waals surface area contributed by atoms with Crippen molar-refractivity contribution in [3.8, 4) is 0 Å². The fraction of sp³-hybridized carbons (Fsp3) is 0.500. The Kier molecular flexibility index (Phi) is 2.15. The maximum atomic E-state index is 11.7. The number of rotatable bonds is 0. The number of halogens is 6. The molecule has 0 atom stereocenters. The summed E-state index contributed by atoms with van der Waals surface area (Å²) >= 11 is 0. The van der Waals surface area contributed by atoms with E-state index in [4.69, 9.17) is 0 Å². The highest BCUT2D eigenvalue weighted by molar-refractivity contribution is 7.72. The monoisotopic (exact) mass is 226 g/mol. The summed E-state index contributed by atoms with van der Waals surface area (Å²) in [4.78, 5) is -3.08. The quantitative estimate of drug-likeness (QED) is 0.465. The van der Waals surface area contributed by atoms with Crippen LogP contribution in [0.15, 0.2) is 0 Å². The predicted octanol–water partition coefficient (Wildman–Crippen LogP) is 3.85. The second kappa shape index (κ2) is 2.63. The largest absolute Gasteiger partial charge is 0.427 e. The highest BCUT2D eigenvalue weighted by Crippen LogP contribution is 2.49. The molecule has 0 spiro atoms. The van der Waals surface area contributed by atoms with E-state index in [2.05, 4.69) is 0 Å².